The number of H-pyrrole nitrogens is 2. The molecule has 0 amide bonds. The van der Waals surface area contributed by atoms with Crippen LogP contribution in [-0.4, -0.2) is 39.7 Å². The van der Waals surface area contributed by atoms with Gasteiger partial charge < -0.3 is 4.57 Å². The van der Waals surface area contributed by atoms with E-state index in [-0.39, 0.29) is 0 Å². The zero-order valence-corrected chi connectivity index (χ0v) is 20.4. The van der Waals surface area contributed by atoms with Crippen molar-refractivity contribution in [1.82, 2.24) is 39.7 Å². The molecule has 0 radical (unpaired) electrons. The molecule has 3 aromatic heterocycles. The van der Waals surface area contributed by atoms with Gasteiger partial charge in [0.2, 0.25) is 5.82 Å². The number of imidazole rings is 1. The molecule has 2 N–H and O–H groups in total. The van der Waals surface area contributed by atoms with E-state index < -0.39 is 11.2 Å². The van der Waals surface area contributed by atoms with Crippen molar-refractivity contribution in [2.45, 2.75) is 52.6 Å². The smallest absolute Gasteiger partial charge is 0.318 e. The standard InChI is InChI=1S/C26H28N8O2/c1-3-5-6-11-21-27-24-22(25(35)28-26(36)33(24)4-2)34(21)16-17-12-14-18(15-13-17)19-9-7-8-10-20(19)23-29-31-32-30-23/h7-10,12-15H,3-6,11,16H2,1-2H3,(H,28,35,36)(H,29,30,31,32). The summed E-state index contributed by atoms with van der Waals surface area (Å²) in [4.78, 5) is 32.4. The number of rotatable bonds is 9. The summed E-state index contributed by atoms with van der Waals surface area (Å²) < 4.78 is 3.48. The Labute approximate surface area is 207 Å². The van der Waals surface area contributed by atoms with E-state index in [1.165, 1.54) is 4.57 Å². The second-order valence-electron chi connectivity index (χ2n) is 8.72. The summed E-state index contributed by atoms with van der Waals surface area (Å²) >= 11 is 0. The normalized spacial score (nSPS) is 11.4. The van der Waals surface area contributed by atoms with Crippen LogP contribution in [0.1, 0.15) is 44.5 Å². The summed E-state index contributed by atoms with van der Waals surface area (Å²) in [5.74, 6) is 1.36. The molecule has 0 spiro atoms. The number of unbranched alkanes of at least 4 members (excludes halogenated alkanes) is 2. The summed E-state index contributed by atoms with van der Waals surface area (Å²) in [5.41, 5.74) is 4.00. The maximum Gasteiger partial charge on any atom is 0.330 e. The number of aromatic amines is 2. The Balaban J connectivity index is 1.53. The first-order valence-electron chi connectivity index (χ1n) is 12.2. The molecule has 0 aliphatic carbocycles. The lowest BCUT2D eigenvalue weighted by Gasteiger charge is -2.11. The third-order valence-electron chi connectivity index (χ3n) is 6.40. The minimum Gasteiger partial charge on any atom is -0.318 e. The summed E-state index contributed by atoms with van der Waals surface area (Å²) in [6.07, 6.45) is 3.89. The highest BCUT2D eigenvalue weighted by atomic mass is 16.2. The fraction of sp³-hybridized carbons (Fsp3) is 0.308. The van der Waals surface area contributed by atoms with Crippen LogP contribution in [0.15, 0.2) is 58.1 Å². The lowest BCUT2D eigenvalue weighted by atomic mass is 9.98. The Hall–Kier alpha value is -4.34. The molecule has 184 valence electrons. The van der Waals surface area contributed by atoms with E-state index in [0.717, 1.165) is 53.8 Å². The molecule has 10 nitrogen and oxygen atoms in total. The van der Waals surface area contributed by atoms with Crippen LogP contribution in [0.5, 0.6) is 0 Å². The van der Waals surface area contributed by atoms with E-state index in [1.807, 2.05) is 47.9 Å². The van der Waals surface area contributed by atoms with Crippen LogP contribution in [0.25, 0.3) is 33.7 Å². The molecule has 2 aromatic carbocycles. The highest BCUT2D eigenvalue weighted by Crippen LogP contribution is 2.30. The number of nitrogens with one attached hydrogen (secondary N) is 2. The number of fused-ring (bicyclic) bond motifs is 1. The van der Waals surface area contributed by atoms with E-state index in [9.17, 15) is 9.59 Å². The molecule has 10 heteroatoms. The summed E-state index contributed by atoms with van der Waals surface area (Å²) in [6, 6.07) is 16.1. The van der Waals surface area contributed by atoms with Gasteiger partial charge in [0.25, 0.3) is 5.56 Å². The topological polar surface area (TPSA) is 127 Å². The zero-order valence-electron chi connectivity index (χ0n) is 20.4. The molecule has 36 heavy (non-hydrogen) atoms. The predicted octanol–water partition coefficient (Wildman–Crippen LogP) is 3.53. The molecule has 0 saturated heterocycles. The van der Waals surface area contributed by atoms with Crippen molar-refractivity contribution in [2.24, 2.45) is 0 Å². The number of aromatic nitrogens is 8. The van der Waals surface area contributed by atoms with Gasteiger partial charge in [-0.1, -0.05) is 68.3 Å². The van der Waals surface area contributed by atoms with Gasteiger partial charge in [0.1, 0.15) is 5.82 Å². The van der Waals surface area contributed by atoms with Gasteiger partial charge in [-0.3, -0.25) is 14.3 Å². The lowest BCUT2D eigenvalue weighted by molar-refractivity contribution is 0.658. The molecule has 0 atom stereocenters. The Kier molecular flexibility index (Phi) is 6.57. The van der Waals surface area contributed by atoms with E-state index in [1.54, 1.807) is 0 Å². The van der Waals surface area contributed by atoms with E-state index in [2.05, 4.69) is 44.7 Å². The summed E-state index contributed by atoms with van der Waals surface area (Å²) in [6.45, 7) is 4.95. The second-order valence-corrected chi connectivity index (χ2v) is 8.72. The summed E-state index contributed by atoms with van der Waals surface area (Å²) in [5, 5.41) is 14.4. The SMILES string of the molecule is CCCCCc1nc2c(c(=O)[nH]c(=O)n2CC)n1Cc1ccc(-c2ccccc2-c2nn[nH]n2)cc1. The Morgan fingerprint density at radius 2 is 1.69 bits per heavy atom. The van der Waals surface area contributed by atoms with Gasteiger partial charge >= 0.3 is 5.69 Å². The number of aryl methyl sites for hydroxylation is 2. The molecule has 0 saturated carbocycles. The van der Waals surface area contributed by atoms with Crippen molar-refractivity contribution in [3.05, 3.63) is 80.8 Å². The number of hydrogen-bond acceptors (Lipinski definition) is 6. The molecular formula is C26H28N8O2. The van der Waals surface area contributed by atoms with Crippen molar-refractivity contribution in [3.8, 4) is 22.5 Å². The second kappa shape index (κ2) is 10.1. The maximum absolute atomic E-state index is 12.9. The van der Waals surface area contributed by atoms with Crippen LogP contribution in [-0.2, 0) is 19.5 Å². The van der Waals surface area contributed by atoms with Crippen molar-refractivity contribution >= 4 is 11.2 Å². The third kappa shape index (κ3) is 4.37. The molecule has 5 aromatic rings. The number of benzene rings is 2. The van der Waals surface area contributed by atoms with Crippen LogP contribution in [0, 0.1) is 0 Å². The lowest BCUT2D eigenvalue weighted by Crippen LogP contribution is -2.30. The van der Waals surface area contributed by atoms with E-state index in [4.69, 9.17) is 4.98 Å². The number of tetrazole rings is 1. The first kappa shape index (κ1) is 23.4. The van der Waals surface area contributed by atoms with Gasteiger partial charge in [0, 0.05) is 25.1 Å². The average molecular weight is 485 g/mol. The molecule has 0 bridgehead atoms. The Bertz CT molecular complexity index is 1590. The predicted molar refractivity (Wildman–Crippen MR) is 138 cm³/mol. The molecule has 5 rings (SSSR count). The van der Waals surface area contributed by atoms with Gasteiger partial charge in [-0.25, -0.2) is 9.78 Å². The Morgan fingerprint density at radius 3 is 2.39 bits per heavy atom. The number of nitrogens with zero attached hydrogens (tertiary/aromatic N) is 6. The summed E-state index contributed by atoms with van der Waals surface area (Å²) in [7, 11) is 0. The highest BCUT2D eigenvalue weighted by Gasteiger charge is 2.18. The van der Waals surface area contributed by atoms with Crippen LogP contribution < -0.4 is 11.2 Å². The fourth-order valence-corrected chi connectivity index (χ4v) is 4.58. The van der Waals surface area contributed by atoms with E-state index >= 15 is 0 Å². The van der Waals surface area contributed by atoms with Crippen LogP contribution in [0.2, 0.25) is 0 Å². The van der Waals surface area contributed by atoms with Gasteiger partial charge in [0.05, 0.1) is 0 Å². The van der Waals surface area contributed by atoms with Crippen LogP contribution >= 0.6 is 0 Å². The first-order valence-corrected chi connectivity index (χ1v) is 12.2. The highest BCUT2D eigenvalue weighted by molar-refractivity contribution is 5.80. The van der Waals surface area contributed by atoms with Gasteiger partial charge in [-0.15, -0.1) is 10.2 Å². The largest absolute Gasteiger partial charge is 0.330 e. The fourth-order valence-electron chi connectivity index (χ4n) is 4.58. The average Bonchev–Trinajstić information content (AvgIpc) is 3.54. The minimum absolute atomic E-state index is 0.403. The first-order chi connectivity index (χ1) is 17.6. The molecule has 3 heterocycles. The molecule has 0 aliphatic heterocycles. The van der Waals surface area contributed by atoms with Gasteiger partial charge in [0.15, 0.2) is 11.2 Å². The molecular weight excluding hydrogens is 456 g/mol. The van der Waals surface area contributed by atoms with Crippen LogP contribution in [0.4, 0.5) is 0 Å². The Morgan fingerprint density at radius 1 is 0.917 bits per heavy atom. The van der Waals surface area contributed by atoms with Crippen LogP contribution in [0.3, 0.4) is 0 Å². The van der Waals surface area contributed by atoms with Crippen molar-refractivity contribution in [3.63, 3.8) is 0 Å². The molecule has 0 unspecified atom stereocenters. The quantitative estimate of drug-likeness (QED) is 0.308. The molecule has 0 aliphatic rings. The van der Waals surface area contributed by atoms with Crippen molar-refractivity contribution in [1.29, 1.82) is 0 Å². The monoisotopic (exact) mass is 484 g/mol. The zero-order chi connectivity index (χ0) is 25.1. The minimum atomic E-state index is -0.427. The van der Waals surface area contributed by atoms with Crippen molar-refractivity contribution < 1.29 is 0 Å². The van der Waals surface area contributed by atoms with Crippen molar-refractivity contribution in [2.75, 3.05) is 0 Å². The number of hydrogen-bond donors (Lipinski definition) is 2. The molecule has 0 fully saturated rings. The van der Waals surface area contributed by atoms with Gasteiger partial charge in [-0.2, -0.15) is 5.21 Å². The van der Waals surface area contributed by atoms with Gasteiger partial charge in [-0.05, 0) is 35.2 Å². The third-order valence-corrected chi connectivity index (χ3v) is 6.40. The van der Waals surface area contributed by atoms with E-state index in [0.29, 0.717) is 30.1 Å². The maximum atomic E-state index is 12.9.